The fourth-order valence-corrected chi connectivity index (χ4v) is 2.66. The van der Waals surface area contributed by atoms with Gasteiger partial charge in [0.15, 0.2) is 6.10 Å². The van der Waals surface area contributed by atoms with E-state index in [2.05, 4.69) is 5.32 Å². The van der Waals surface area contributed by atoms with Gasteiger partial charge in [0.1, 0.15) is 5.60 Å². The van der Waals surface area contributed by atoms with Gasteiger partial charge >= 0.3 is 12.1 Å². The Morgan fingerprint density at radius 1 is 1.25 bits per heavy atom. The van der Waals surface area contributed by atoms with Gasteiger partial charge in [0.05, 0.1) is 13.2 Å². The van der Waals surface area contributed by atoms with Gasteiger partial charge in [0, 0.05) is 12.3 Å². The minimum absolute atomic E-state index is 0.349. The van der Waals surface area contributed by atoms with Crippen LogP contribution in [-0.4, -0.2) is 43.5 Å². The number of hydrogen-bond acceptors (Lipinski definition) is 6. The highest BCUT2D eigenvalue weighted by atomic mass is 16.6. The number of carbonyl (C=O) groups excluding carboxylic acids is 2. The normalized spacial score (nSPS) is 13.5. The summed E-state index contributed by atoms with van der Waals surface area (Å²) in [5.41, 5.74) is 7.77. The van der Waals surface area contributed by atoms with Crippen LogP contribution in [0, 0.1) is 6.92 Å². The van der Waals surface area contributed by atoms with Crippen molar-refractivity contribution in [2.24, 2.45) is 0 Å². The third-order valence-corrected chi connectivity index (χ3v) is 4.11. The van der Waals surface area contributed by atoms with E-state index in [4.69, 9.17) is 19.9 Å². The largest absolute Gasteiger partial charge is 0.467 e. The molecule has 0 spiro atoms. The van der Waals surface area contributed by atoms with E-state index in [1.165, 1.54) is 7.11 Å². The highest BCUT2D eigenvalue weighted by Gasteiger charge is 2.33. The Balaban J connectivity index is 3.13. The fraction of sp³-hybridized carbons (Fsp3) is 0.619. The van der Waals surface area contributed by atoms with Gasteiger partial charge in [0.25, 0.3) is 0 Å². The van der Waals surface area contributed by atoms with Crippen molar-refractivity contribution in [2.75, 3.05) is 19.5 Å². The summed E-state index contributed by atoms with van der Waals surface area (Å²) in [4.78, 5) is 24.8. The Kier molecular flexibility index (Phi) is 9.25. The average Bonchev–Trinajstić information content (AvgIpc) is 2.59. The van der Waals surface area contributed by atoms with E-state index in [-0.39, 0.29) is 0 Å². The minimum atomic E-state index is -0.954. The number of esters is 1. The van der Waals surface area contributed by atoms with E-state index < -0.39 is 29.8 Å². The van der Waals surface area contributed by atoms with Crippen LogP contribution in [0.5, 0.6) is 0 Å². The summed E-state index contributed by atoms with van der Waals surface area (Å²) < 4.78 is 16.1. The molecule has 0 aliphatic carbocycles. The van der Waals surface area contributed by atoms with Crippen molar-refractivity contribution in [1.82, 2.24) is 5.32 Å². The number of anilines is 1. The van der Waals surface area contributed by atoms with Crippen LogP contribution in [0.25, 0.3) is 0 Å². The van der Waals surface area contributed by atoms with Gasteiger partial charge in [-0.25, -0.2) is 9.59 Å². The molecule has 1 aromatic rings. The Bertz CT molecular complexity index is 655. The lowest BCUT2D eigenvalue weighted by Gasteiger charge is -2.28. The van der Waals surface area contributed by atoms with E-state index in [0.717, 1.165) is 24.0 Å². The predicted octanol–water partition coefficient (Wildman–Crippen LogP) is 3.37. The van der Waals surface area contributed by atoms with Crippen molar-refractivity contribution in [1.29, 1.82) is 0 Å². The summed E-state index contributed by atoms with van der Waals surface area (Å²) in [6.45, 7) is 9.70. The smallest absolute Gasteiger partial charge is 0.407 e. The number of carbonyl (C=O) groups is 2. The maximum atomic E-state index is 12.4. The Hall–Kier alpha value is -2.28. The average molecular weight is 395 g/mol. The van der Waals surface area contributed by atoms with Gasteiger partial charge in [-0.1, -0.05) is 19.4 Å². The molecule has 2 atom stereocenters. The van der Waals surface area contributed by atoms with Crippen molar-refractivity contribution < 1.29 is 23.8 Å². The molecule has 1 aromatic carbocycles. The number of unbranched alkanes of at least 4 members (excludes halogenated alkanes) is 1. The quantitative estimate of drug-likeness (QED) is 0.378. The first-order chi connectivity index (χ1) is 13.1. The van der Waals surface area contributed by atoms with Crippen molar-refractivity contribution in [3.63, 3.8) is 0 Å². The van der Waals surface area contributed by atoms with Gasteiger partial charge in [-0.05, 0) is 63.8 Å². The zero-order chi connectivity index (χ0) is 21.3. The molecule has 0 fully saturated rings. The summed E-state index contributed by atoms with van der Waals surface area (Å²) in [5.74, 6) is -0.543. The van der Waals surface area contributed by atoms with Crippen LogP contribution in [0.4, 0.5) is 10.5 Å². The van der Waals surface area contributed by atoms with E-state index in [1.807, 2.05) is 32.0 Å². The van der Waals surface area contributed by atoms with Crippen molar-refractivity contribution in [3.8, 4) is 0 Å². The molecule has 0 aliphatic rings. The number of benzene rings is 1. The molecule has 0 aromatic heterocycles. The summed E-state index contributed by atoms with van der Waals surface area (Å²) in [7, 11) is 1.30. The van der Waals surface area contributed by atoms with Gasteiger partial charge in [-0.3, -0.25) is 0 Å². The number of nitrogens with two attached hydrogens (primary N) is 1. The monoisotopic (exact) mass is 394 g/mol. The summed E-state index contributed by atoms with van der Waals surface area (Å²) in [5, 5.41) is 2.78. The highest BCUT2D eigenvalue weighted by molar-refractivity contribution is 5.77. The van der Waals surface area contributed by atoms with Crippen LogP contribution in [0.1, 0.15) is 51.7 Å². The van der Waals surface area contributed by atoms with Crippen LogP contribution in [0.15, 0.2) is 18.2 Å². The van der Waals surface area contributed by atoms with Crippen molar-refractivity contribution in [2.45, 2.75) is 71.6 Å². The second kappa shape index (κ2) is 10.9. The number of amides is 1. The van der Waals surface area contributed by atoms with Gasteiger partial charge in [-0.15, -0.1) is 0 Å². The Morgan fingerprint density at radius 2 is 1.93 bits per heavy atom. The molecular formula is C21H34N2O5. The Labute approximate surface area is 167 Å². The molecule has 158 valence electrons. The molecular weight excluding hydrogens is 360 g/mol. The molecule has 1 unspecified atom stereocenters. The number of methoxy groups -OCH3 is 1. The molecule has 0 bridgehead atoms. The molecule has 7 heteroatoms. The second-order valence-corrected chi connectivity index (χ2v) is 7.81. The number of ether oxygens (including phenoxy) is 3. The molecule has 0 saturated carbocycles. The maximum absolute atomic E-state index is 12.4. The SMILES string of the molecule is CCCCOC(C(=O)OC)[C@H](Cc1cc(N)ccc1C)NC(=O)OC(C)(C)C. The molecule has 1 rings (SSSR count). The lowest BCUT2D eigenvalue weighted by molar-refractivity contribution is -0.156. The number of nitrogen functional groups attached to an aromatic ring is 1. The number of aryl methyl sites for hydroxylation is 1. The van der Waals surface area contributed by atoms with Crippen molar-refractivity contribution in [3.05, 3.63) is 29.3 Å². The maximum Gasteiger partial charge on any atom is 0.407 e. The third kappa shape index (κ3) is 8.17. The minimum Gasteiger partial charge on any atom is -0.467 e. The predicted molar refractivity (Wildman–Crippen MR) is 109 cm³/mol. The van der Waals surface area contributed by atoms with E-state index in [0.29, 0.717) is 18.7 Å². The zero-order valence-corrected chi connectivity index (χ0v) is 17.8. The number of alkyl carbamates (subject to hydrolysis) is 1. The third-order valence-electron chi connectivity index (χ3n) is 4.11. The van der Waals surface area contributed by atoms with E-state index >= 15 is 0 Å². The zero-order valence-electron chi connectivity index (χ0n) is 17.8. The van der Waals surface area contributed by atoms with Crippen molar-refractivity contribution >= 4 is 17.7 Å². The van der Waals surface area contributed by atoms with Crippen LogP contribution in [0.3, 0.4) is 0 Å². The number of rotatable bonds is 9. The fourth-order valence-electron chi connectivity index (χ4n) is 2.66. The van der Waals surface area contributed by atoms with E-state index in [9.17, 15) is 9.59 Å². The molecule has 7 nitrogen and oxygen atoms in total. The molecule has 1 amide bonds. The molecule has 0 heterocycles. The first kappa shape index (κ1) is 23.8. The number of nitrogens with one attached hydrogen (secondary N) is 1. The van der Waals surface area contributed by atoms with E-state index in [1.54, 1.807) is 20.8 Å². The van der Waals surface area contributed by atoms with Gasteiger partial charge in [0.2, 0.25) is 0 Å². The lowest BCUT2D eigenvalue weighted by atomic mass is 9.97. The molecule has 28 heavy (non-hydrogen) atoms. The summed E-state index contributed by atoms with van der Waals surface area (Å²) >= 11 is 0. The Morgan fingerprint density at radius 3 is 2.50 bits per heavy atom. The second-order valence-electron chi connectivity index (χ2n) is 7.81. The van der Waals surface area contributed by atoms with Crippen LogP contribution < -0.4 is 11.1 Å². The first-order valence-corrected chi connectivity index (χ1v) is 9.61. The molecule has 0 radical (unpaired) electrons. The van der Waals surface area contributed by atoms with Crippen LogP contribution in [0.2, 0.25) is 0 Å². The first-order valence-electron chi connectivity index (χ1n) is 9.61. The van der Waals surface area contributed by atoms with Gasteiger partial charge < -0.3 is 25.3 Å². The standard InChI is InChI=1S/C21H34N2O5/c1-7-8-11-27-18(19(24)26-6)17(23-20(25)28-21(3,4)5)13-15-12-16(22)10-9-14(15)2/h9-10,12,17-18H,7-8,11,13,22H2,1-6H3,(H,23,25)/t17-,18?/m0/s1. The lowest BCUT2D eigenvalue weighted by Crippen LogP contribution is -2.51. The highest BCUT2D eigenvalue weighted by Crippen LogP contribution is 2.18. The molecule has 0 saturated heterocycles. The summed E-state index contributed by atoms with van der Waals surface area (Å²) in [6, 6.07) is 4.88. The number of hydrogen-bond donors (Lipinski definition) is 2. The topological polar surface area (TPSA) is 99.9 Å². The van der Waals surface area contributed by atoms with Gasteiger partial charge in [-0.2, -0.15) is 0 Å². The molecule has 3 N–H and O–H groups in total. The molecule has 0 aliphatic heterocycles. The van der Waals surface area contributed by atoms with Crippen LogP contribution >= 0.6 is 0 Å². The van der Waals surface area contributed by atoms with Crippen LogP contribution in [-0.2, 0) is 25.4 Å². The summed E-state index contributed by atoms with van der Waals surface area (Å²) in [6.07, 6.45) is 0.496.